The average Bonchev–Trinajstić information content (AvgIpc) is 3.08. The highest BCUT2D eigenvalue weighted by Crippen LogP contribution is 2.32. The highest BCUT2D eigenvalue weighted by Gasteiger charge is 2.30. The van der Waals surface area contributed by atoms with Crippen molar-refractivity contribution in [2.75, 3.05) is 18.6 Å². The van der Waals surface area contributed by atoms with E-state index in [0.717, 1.165) is 22.1 Å². The Balaban J connectivity index is 1.72. The standard InChI is InChI=1S/C40H50N4O8/c1-9-28(29-18-19-33(46)31-14-11-10-13-30(29)31)17-16-26(3)32(24-36(48)51-8)42-38(49)37(27(4)45)43-35(47)15-12-22-44(39(50)52-40(5,6)7)34-23-25(2)20-21-41-34/h9-11,13-14,16-21,23,27,32,37,45-46H,3,12,15,22,24H2,1-2,4-8H3,(H,42,49)(H,43,47)/b17-16-,28-9+/t27-,32+,37+/m1/s1. The summed E-state index contributed by atoms with van der Waals surface area (Å²) in [5, 5.41) is 27.7. The zero-order chi connectivity index (χ0) is 38.6. The molecule has 0 aliphatic heterocycles. The summed E-state index contributed by atoms with van der Waals surface area (Å²) in [4.78, 5) is 57.6. The van der Waals surface area contributed by atoms with Crippen molar-refractivity contribution in [3.63, 3.8) is 0 Å². The molecule has 0 spiro atoms. The Labute approximate surface area is 305 Å². The smallest absolute Gasteiger partial charge is 0.416 e. The molecule has 3 amide bonds. The molecule has 3 atom stereocenters. The fourth-order valence-corrected chi connectivity index (χ4v) is 5.31. The molecule has 12 nitrogen and oxygen atoms in total. The van der Waals surface area contributed by atoms with E-state index in [4.69, 9.17) is 9.47 Å². The van der Waals surface area contributed by atoms with E-state index in [2.05, 4.69) is 22.2 Å². The molecular weight excluding hydrogens is 664 g/mol. The largest absolute Gasteiger partial charge is 0.507 e. The van der Waals surface area contributed by atoms with Gasteiger partial charge in [-0.1, -0.05) is 55.1 Å². The van der Waals surface area contributed by atoms with Gasteiger partial charge in [-0.25, -0.2) is 9.78 Å². The van der Waals surface area contributed by atoms with Crippen molar-refractivity contribution >= 4 is 46.0 Å². The number of phenolic OH excluding ortho intramolecular Hbond substituents is 1. The first-order chi connectivity index (χ1) is 24.5. The average molecular weight is 715 g/mol. The molecule has 0 saturated heterocycles. The van der Waals surface area contributed by atoms with Gasteiger partial charge in [0.2, 0.25) is 11.8 Å². The lowest BCUT2D eigenvalue weighted by Gasteiger charge is -2.27. The van der Waals surface area contributed by atoms with Crippen LogP contribution < -0.4 is 15.5 Å². The van der Waals surface area contributed by atoms with Gasteiger partial charge in [-0.3, -0.25) is 19.3 Å². The number of hydrogen-bond donors (Lipinski definition) is 4. The predicted octanol–water partition coefficient (Wildman–Crippen LogP) is 5.90. The van der Waals surface area contributed by atoms with Crippen LogP contribution in [0.15, 0.2) is 85.1 Å². The maximum Gasteiger partial charge on any atom is 0.416 e. The quantitative estimate of drug-likeness (QED) is 0.111. The number of phenols is 1. The first-order valence-corrected chi connectivity index (χ1v) is 17.1. The van der Waals surface area contributed by atoms with Gasteiger partial charge >= 0.3 is 12.1 Å². The number of aliphatic hydroxyl groups excluding tert-OH is 1. The van der Waals surface area contributed by atoms with Gasteiger partial charge in [0.05, 0.1) is 25.7 Å². The number of anilines is 1. The number of methoxy groups -OCH3 is 1. The summed E-state index contributed by atoms with van der Waals surface area (Å²) in [6.07, 6.45) is 4.88. The molecule has 1 aromatic heterocycles. The number of nitrogens with one attached hydrogen (secondary N) is 2. The third-order valence-electron chi connectivity index (χ3n) is 8.02. The minimum Gasteiger partial charge on any atom is -0.507 e. The third kappa shape index (κ3) is 11.8. The van der Waals surface area contributed by atoms with Gasteiger partial charge in [0, 0.05) is 24.5 Å². The molecule has 0 fully saturated rings. The number of carbonyl (C=O) groups excluding carboxylic acids is 4. The van der Waals surface area contributed by atoms with Crippen molar-refractivity contribution in [3.05, 3.63) is 96.2 Å². The molecule has 3 rings (SSSR count). The summed E-state index contributed by atoms with van der Waals surface area (Å²) in [6, 6.07) is 12.1. The van der Waals surface area contributed by atoms with E-state index in [9.17, 15) is 29.4 Å². The van der Waals surface area contributed by atoms with Crippen LogP contribution in [-0.2, 0) is 23.9 Å². The molecule has 0 saturated carbocycles. The Kier molecular flexibility index (Phi) is 14.7. The van der Waals surface area contributed by atoms with Crippen LogP contribution in [0.25, 0.3) is 16.3 Å². The molecule has 4 N–H and O–H groups in total. The minimum absolute atomic E-state index is 0.0826. The van der Waals surface area contributed by atoms with Gasteiger partial charge in [-0.15, -0.1) is 0 Å². The van der Waals surface area contributed by atoms with Crippen LogP contribution in [-0.4, -0.2) is 76.5 Å². The number of aromatic nitrogens is 1. The van der Waals surface area contributed by atoms with Crippen LogP contribution in [0.1, 0.15) is 65.0 Å². The molecule has 2 aromatic carbocycles. The van der Waals surface area contributed by atoms with Crippen LogP contribution >= 0.6 is 0 Å². The second-order valence-electron chi connectivity index (χ2n) is 13.4. The molecule has 3 aromatic rings. The summed E-state index contributed by atoms with van der Waals surface area (Å²) in [7, 11) is 1.23. The first-order valence-electron chi connectivity index (χ1n) is 17.1. The molecule has 0 radical (unpaired) electrons. The first kappa shape index (κ1) is 40.9. The number of aliphatic hydroxyl groups is 1. The molecule has 278 valence electrons. The molecule has 1 heterocycles. The Morgan fingerprint density at radius 1 is 1.04 bits per heavy atom. The Morgan fingerprint density at radius 2 is 1.73 bits per heavy atom. The number of ether oxygens (including phenoxy) is 2. The predicted molar refractivity (Wildman–Crippen MR) is 202 cm³/mol. The summed E-state index contributed by atoms with van der Waals surface area (Å²) < 4.78 is 10.4. The SMILES string of the molecule is C=C(/C=C\C(=C/C)c1ccc(O)c2ccccc12)[C@H](CC(=O)OC)NC(=O)[C@@H](NC(=O)CCCN(C(=O)OC(C)(C)C)c1cc(C)ccn1)[C@@H](C)O. The Morgan fingerprint density at radius 3 is 2.35 bits per heavy atom. The van der Waals surface area contributed by atoms with Gasteiger partial charge in [-0.2, -0.15) is 0 Å². The summed E-state index contributed by atoms with van der Waals surface area (Å²) >= 11 is 0. The molecule has 0 aliphatic carbocycles. The van der Waals surface area contributed by atoms with Gasteiger partial charge < -0.3 is 30.3 Å². The maximum atomic E-state index is 13.5. The van der Waals surface area contributed by atoms with E-state index in [1.165, 1.54) is 18.9 Å². The molecule has 12 heteroatoms. The number of rotatable bonds is 15. The lowest BCUT2D eigenvalue weighted by atomic mass is 9.95. The molecule has 0 aliphatic rings. The number of fused-ring (bicyclic) bond motifs is 1. The number of aromatic hydroxyl groups is 1. The van der Waals surface area contributed by atoms with Crippen molar-refractivity contribution in [1.29, 1.82) is 0 Å². The van der Waals surface area contributed by atoms with Crippen molar-refractivity contribution in [1.82, 2.24) is 15.6 Å². The normalized spacial score (nSPS) is 13.6. The number of carbonyl (C=O) groups is 4. The summed E-state index contributed by atoms with van der Waals surface area (Å²) in [5.74, 6) is -1.34. The van der Waals surface area contributed by atoms with Crippen molar-refractivity contribution in [2.45, 2.75) is 84.6 Å². The number of allylic oxidation sites excluding steroid dienone is 3. The van der Waals surface area contributed by atoms with Gasteiger partial charge in [0.15, 0.2) is 0 Å². The van der Waals surface area contributed by atoms with Crippen LogP contribution in [0.2, 0.25) is 0 Å². The van der Waals surface area contributed by atoms with E-state index in [1.54, 1.807) is 63.4 Å². The van der Waals surface area contributed by atoms with E-state index >= 15 is 0 Å². The monoisotopic (exact) mass is 714 g/mol. The van der Waals surface area contributed by atoms with Crippen molar-refractivity contribution in [3.8, 4) is 5.75 Å². The maximum absolute atomic E-state index is 13.5. The van der Waals surface area contributed by atoms with Crippen LogP contribution in [0.4, 0.5) is 10.6 Å². The lowest BCUT2D eigenvalue weighted by Crippen LogP contribution is -2.55. The number of amides is 3. The van der Waals surface area contributed by atoms with Crippen LogP contribution in [0, 0.1) is 6.92 Å². The highest BCUT2D eigenvalue weighted by molar-refractivity contribution is 5.99. The molecule has 0 bridgehead atoms. The van der Waals surface area contributed by atoms with E-state index in [0.29, 0.717) is 16.8 Å². The van der Waals surface area contributed by atoms with Gasteiger partial charge in [-0.05, 0) is 93.8 Å². The molecule has 0 unspecified atom stereocenters. The fourth-order valence-electron chi connectivity index (χ4n) is 5.31. The van der Waals surface area contributed by atoms with Crippen LogP contribution in [0.5, 0.6) is 5.75 Å². The summed E-state index contributed by atoms with van der Waals surface area (Å²) in [6.45, 7) is 14.5. The van der Waals surface area contributed by atoms with Crippen molar-refractivity contribution < 1.29 is 38.9 Å². The second-order valence-corrected chi connectivity index (χ2v) is 13.4. The van der Waals surface area contributed by atoms with Gasteiger partial charge in [0.1, 0.15) is 23.2 Å². The number of pyridine rings is 1. The molecule has 52 heavy (non-hydrogen) atoms. The minimum atomic E-state index is -1.36. The lowest BCUT2D eigenvalue weighted by molar-refractivity contribution is -0.141. The van der Waals surface area contributed by atoms with Crippen molar-refractivity contribution in [2.24, 2.45) is 0 Å². The van der Waals surface area contributed by atoms with Crippen LogP contribution in [0.3, 0.4) is 0 Å². The Bertz CT molecular complexity index is 1830. The fraction of sp³-hybridized carbons (Fsp3) is 0.375. The van der Waals surface area contributed by atoms with Gasteiger partial charge in [0.25, 0.3) is 0 Å². The number of aryl methyl sites for hydroxylation is 1. The zero-order valence-corrected chi connectivity index (χ0v) is 30.9. The number of benzene rings is 2. The third-order valence-corrected chi connectivity index (χ3v) is 8.02. The second kappa shape index (κ2) is 18.7. The number of hydrogen-bond acceptors (Lipinski definition) is 9. The van der Waals surface area contributed by atoms with E-state index in [-0.39, 0.29) is 31.6 Å². The van der Waals surface area contributed by atoms with E-state index < -0.39 is 47.7 Å². The van der Waals surface area contributed by atoms with E-state index in [1.807, 2.05) is 44.2 Å². The zero-order valence-electron chi connectivity index (χ0n) is 30.9. The molecular formula is C40H50N4O8. The summed E-state index contributed by atoms with van der Waals surface area (Å²) in [5.41, 5.74) is 2.16. The number of esters is 1. The topological polar surface area (TPSA) is 167 Å². The highest BCUT2D eigenvalue weighted by atomic mass is 16.6. The Hall–Kier alpha value is -5.49. The number of nitrogens with zero attached hydrogens (tertiary/aromatic N) is 2.